The molecule has 0 N–H and O–H groups in total. The molecule has 0 spiro atoms. The third-order valence-electron chi connectivity index (χ3n) is 2.05. The predicted molar refractivity (Wildman–Crippen MR) is 51.8 cm³/mol. The largest absolute Gasteiger partial charge is 0.367 e. The van der Waals surface area contributed by atoms with E-state index in [0.717, 1.165) is 6.20 Å². The Morgan fingerprint density at radius 1 is 1.56 bits per heavy atom. The monoisotopic (exact) mass is 269 g/mol. The average molecular weight is 269 g/mol. The van der Waals surface area contributed by atoms with Gasteiger partial charge in [0.05, 0.1) is 6.20 Å². The molecule has 1 rings (SSSR count). The van der Waals surface area contributed by atoms with Crippen molar-refractivity contribution in [3.63, 3.8) is 0 Å². The molecule has 0 aliphatic carbocycles. The van der Waals surface area contributed by atoms with Crippen molar-refractivity contribution < 1.29 is 27.1 Å². The van der Waals surface area contributed by atoms with Crippen LogP contribution in [0.5, 0.6) is 0 Å². The summed E-state index contributed by atoms with van der Waals surface area (Å²) < 4.78 is 54.1. The van der Waals surface area contributed by atoms with Crippen LogP contribution in [0.2, 0.25) is 0 Å². The minimum Gasteiger partial charge on any atom is -0.367 e. The molecule has 0 saturated carbocycles. The topological polar surface area (TPSA) is 57.0 Å². The molecule has 0 unspecified atom stereocenters. The maximum Gasteiger partial charge on any atom is 0.330 e. The first-order chi connectivity index (χ1) is 8.38. The molecule has 9 heteroatoms. The van der Waals surface area contributed by atoms with Crippen molar-refractivity contribution in [2.75, 3.05) is 13.2 Å². The van der Waals surface area contributed by atoms with Crippen LogP contribution in [0, 0.1) is 0 Å². The van der Waals surface area contributed by atoms with E-state index < -0.39 is 31.3 Å². The lowest BCUT2D eigenvalue weighted by Gasteiger charge is -2.14. The van der Waals surface area contributed by atoms with Gasteiger partial charge in [0.1, 0.15) is 18.9 Å². The molecule has 0 aliphatic rings. The number of rotatable bonds is 7. The van der Waals surface area contributed by atoms with Gasteiger partial charge >= 0.3 is 12.3 Å². The highest BCUT2D eigenvalue weighted by atomic mass is 19.3. The molecule has 1 heterocycles. The number of hydrogen-bond acceptors (Lipinski definition) is 4. The SMILES string of the molecule is CCn1nncc1C(=O)COCC(F)(F)C(F)F. The van der Waals surface area contributed by atoms with E-state index in [1.54, 1.807) is 6.92 Å². The van der Waals surface area contributed by atoms with Gasteiger partial charge in [-0.2, -0.15) is 8.78 Å². The van der Waals surface area contributed by atoms with Crippen LogP contribution in [-0.2, 0) is 11.3 Å². The Balaban J connectivity index is 2.48. The standard InChI is InChI=1S/C9H11F4N3O2/c1-2-16-6(3-14-15-16)7(17)4-18-5-9(12,13)8(10)11/h3,8H,2,4-5H2,1H3. The van der Waals surface area contributed by atoms with Crippen LogP contribution in [0.15, 0.2) is 6.20 Å². The molecule has 5 nitrogen and oxygen atoms in total. The fourth-order valence-corrected chi connectivity index (χ4v) is 1.12. The number of hydrogen-bond donors (Lipinski definition) is 0. The van der Waals surface area contributed by atoms with Gasteiger partial charge in [-0.3, -0.25) is 4.79 Å². The summed E-state index contributed by atoms with van der Waals surface area (Å²) >= 11 is 0. The van der Waals surface area contributed by atoms with Crippen LogP contribution in [0.1, 0.15) is 17.4 Å². The molecule has 0 aromatic carbocycles. The van der Waals surface area contributed by atoms with Crippen molar-refractivity contribution in [2.45, 2.75) is 25.8 Å². The Bertz CT molecular complexity index is 408. The van der Waals surface area contributed by atoms with Gasteiger partial charge in [0.25, 0.3) is 0 Å². The number of aromatic nitrogens is 3. The van der Waals surface area contributed by atoms with Gasteiger partial charge in [-0.05, 0) is 6.92 Å². The summed E-state index contributed by atoms with van der Waals surface area (Å²) in [6.07, 6.45) is -2.67. The second-order valence-electron chi connectivity index (χ2n) is 3.41. The number of ether oxygens (including phenoxy) is 1. The normalized spacial score (nSPS) is 12.1. The molecule has 18 heavy (non-hydrogen) atoms. The van der Waals surface area contributed by atoms with E-state index in [1.165, 1.54) is 4.68 Å². The smallest absolute Gasteiger partial charge is 0.330 e. The number of Topliss-reactive ketones (excluding diaryl/α,β-unsaturated/α-hetero) is 1. The van der Waals surface area contributed by atoms with Gasteiger partial charge in [0.2, 0.25) is 5.78 Å². The van der Waals surface area contributed by atoms with E-state index in [-0.39, 0.29) is 5.69 Å². The minimum atomic E-state index is -4.26. The summed E-state index contributed by atoms with van der Waals surface area (Å²) in [4.78, 5) is 11.5. The summed E-state index contributed by atoms with van der Waals surface area (Å²) in [7, 11) is 0. The lowest BCUT2D eigenvalue weighted by atomic mass is 10.3. The number of carbonyl (C=O) groups excluding carboxylic acids is 1. The first-order valence-electron chi connectivity index (χ1n) is 5.04. The zero-order valence-electron chi connectivity index (χ0n) is 9.45. The van der Waals surface area contributed by atoms with Gasteiger partial charge in [-0.25, -0.2) is 13.5 Å². The second kappa shape index (κ2) is 5.89. The van der Waals surface area contributed by atoms with Gasteiger partial charge in [0.15, 0.2) is 0 Å². The van der Waals surface area contributed by atoms with E-state index in [0.29, 0.717) is 6.54 Å². The Labute approximate surface area is 99.7 Å². The summed E-state index contributed by atoms with van der Waals surface area (Å²) in [6.45, 7) is -0.161. The molecule has 1 aromatic rings. The van der Waals surface area contributed by atoms with Crippen LogP contribution in [0.3, 0.4) is 0 Å². The fourth-order valence-electron chi connectivity index (χ4n) is 1.12. The average Bonchev–Trinajstić information content (AvgIpc) is 2.76. The summed E-state index contributed by atoms with van der Waals surface area (Å²) in [6, 6.07) is 0. The molecule has 0 bridgehead atoms. The fraction of sp³-hybridized carbons (Fsp3) is 0.667. The highest BCUT2D eigenvalue weighted by Gasteiger charge is 2.41. The van der Waals surface area contributed by atoms with Gasteiger partial charge in [-0.1, -0.05) is 5.21 Å². The highest BCUT2D eigenvalue weighted by Crippen LogP contribution is 2.22. The quantitative estimate of drug-likeness (QED) is 0.554. The molecule has 102 valence electrons. The molecule has 0 saturated heterocycles. The minimum absolute atomic E-state index is 0.0814. The van der Waals surface area contributed by atoms with Crippen LogP contribution in [0.4, 0.5) is 17.6 Å². The van der Waals surface area contributed by atoms with Gasteiger partial charge < -0.3 is 4.74 Å². The van der Waals surface area contributed by atoms with Crippen LogP contribution < -0.4 is 0 Å². The van der Waals surface area contributed by atoms with E-state index in [1.807, 2.05) is 0 Å². The zero-order valence-corrected chi connectivity index (χ0v) is 9.45. The van der Waals surface area contributed by atoms with Gasteiger partial charge in [-0.15, -0.1) is 5.10 Å². The Morgan fingerprint density at radius 3 is 2.78 bits per heavy atom. The number of alkyl halides is 4. The Kier molecular flexibility index (Phi) is 4.76. The van der Waals surface area contributed by atoms with Crippen LogP contribution in [0.25, 0.3) is 0 Å². The van der Waals surface area contributed by atoms with Crippen molar-refractivity contribution in [1.82, 2.24) is 15.0 Å². The number of nitrogens with zero attached hydrogens (tertiary/aromatic N) is 3. The molecule has 0 atom stereocenters. The third kappa shape index (κ3) is 3.49. The van der Waals surface area contributed by atoms with Crippen molar-refractivity contribution in [2.24, 2.45) is 0 Å². The van der Waals surface area contributed by atoms with E-state index >= 15 is 0 Å². The molecular weight excluding hydrogens is 258 g/mol. The van der Waals surface area contributed by atoms with E-state index in [2.05, 4.69) is 15.0 Å². The molecule has 0 amide bonds. The first kappa shape index (κ1) is 14.6. The van der Waals surface area contributed by atoms with E-state index in [9.17, 15) is 22.4 Å². The van der Waals surface area contributed by atoms with Gasteiger partial charge in [0, 0.05) is 6.54 Å². The van der Waals surface area contributed by atoms with Crippen LogP contribution in [-0.4, -0.2) is 46.3 Å². The zero-order chi connectivity index (χ0) is 13.8. The number of ketones is 1. The lowest BCUT2D eigenvalue weighted by Crippen LogP contribution is -2.33. The maximum atomic E-state index is 12.5. The third-order valence-corrected chi connectivity index (χ3v) is 2.05. The Morgan fingerprint density at radius 2 is 2.22 bits per heavy atom. The molecule has 1 aromatic heterocycles. The highest BCUT2D eigenvalue weighted by molar-refractivity contribution is 5.95. The lowest BCUT2D eigenvalue weighted by molar-refractivity contribution is -0.163. The number of halogens is 4. The van der Waals surface area contributed by atoms with Crippen LogP contribution >= 0.6 is 0 Å². The van der Waals surface area contributed by atoms with Crippen molar-refractivity contribution >= 4 is 5.78 Å². The van der Waals surface area contributed by atoms with Crippen molar-refractivity contribution in [1.29, 1.82) is 0 Å². The summed E-state index contributed by atoms with van der Waals surface area (Å²) in [5.41, 5.74) is 0.0814. The van der Waals surface area contributed by atoms with Crippen molar-refractivity contribution in [3.05, 3.63) is 11.9 Å². The number of aryl methyl sites for hydroxylation is 1. The Hall–Kier alpha value is -1.51. The molecular formula is C9H11F4N3O2. The predicted octanol–water partition coefficient (Wildman–Crippen LogP) is 1.40. The number of carbonyl (C=O) groups is 1. The summed E-state index contributed by atoms with van der Waals surface area (Å²) in [5.74, 6) is -4.91. The molecule has 0 fully saturated rings. The molecule has 0 aliphatic heterocycles. The maximum absolute atomic E-state index is 12.5. The second-order valence-corrected chi connectivity index (χ2v) is 3.41. The van der Waals surface area contributed by atoms with E-state index in [4.69, 9.17) is 0 Å². The summed E-state index contributed by atoms with van der Waals surface area (Å²) in [5, 5.41) is 7.03. The van der Waals surface area contributed by atoms with Crippen molar-refractivity contribution in [3.8, 4) is 0 Å². The first-order valence-corrected chi connectivity index (χ1v) is 5.04. The molecule has 0 radical (unpaired) electrons.